The summed E-state index contributed by atoms with van der Waals surface area (Å²) < 4.78 is 25.7. The van der Waals surface area contributed by atoms with E-state index in [1.807, 2.05) is 4.72 Å². The quantitative estimate of drug-likeness (QED) is 0.697. The van der Waals surface area contributed by atoms with Gasteiger partial charge < -0.3 is 10.4 Å². The van der Waals surface area contributed by atoms with Gasteiger partial charge in [-0.3, -0.25) is 9.59 Å². The molecule has 0 aromatic carbocycles. The Morgan fingerprint density at radius 1 is 1.47 bits per heavy atom. The van der Waals surface area contributed by atoms with Crippen LogP contribution in [-0.4, -0.2) is 38.0 Å². The second-order valence-corrected chi connectivity index (χ2v) is 6.31. The second kappa shape index (κ2) is 6.13. The van der Waals surface area contributed by atoms with Crippen LogP contribution in [0.25, 0.3) is 0 Å². The van der Waals surface area contributed by atoms with E-state index in [4.69, 9.17) is 5.11 Å². The van der Waals surface area contributed by atoms with E-state index in [0.29, 0.717) is 6.54 Å². The summed E-state index contributed by atoms with van der Waals surface area (Å²) in [5, 5.41) is 12.5. The number of hydrogen-bond acceptors (Lipinski definition) is 5. The van der Waals surface area contributed by atoms with E-state index in [9.17, 15) is 18.0 Å². The minimum absolute atomic E-state index is 0.119. The average molecular weight is 306 g/mol. The van der Waals surface area contributed by atoms with E-state index >= 15 is 0 Å². The topological polar surface area (TPSA) is 113 Å². The summed E-state index contributed by atoms with van der Waals surface area (Å²) in [5.41, 5.74) is 0. The first kappa shape index (κ1) is 15.6. The molecule has 1 aromatic rings. The van der Waals surface area contributed by atoms with Crippen LogP contribution < -0.4 is 10.0 Å². The van der Waals surface area contributed by atoms with Gasteiger partial charge in [0.15, 0.2) is 0 Å². The van der Waals surface area contributed by atoms with Crippen molar-refractivity contribution in [2.45, 2.75) is 24.8 Å². The molecule has 1 amide bonds. The van der Waals surface area contributed by atoms with Gasteiger partial charge in [-0.2, -0.15) is 4.72 Å². The highest BCUT2D eigenvalue weighted by Crippen LogP contribution is 2.19. The van der Waals surface area contributed by atoms with Crippen molar-refractivity contribution in [2.75, 3.05) is 6.54 Å². The summed E-state index contributed by atoms with van der Waals surface area (Å²) in [6.45, 7) is 3.41. The number of hydrogen-bond donors (Lipinski definition) is 3. The molecule has 9 heteroatoms. The Bertz CT molecular complexity index is 578. The third kappa shape index (κ3) is 4.01. The highest BCUT2D eigenvalue weighted by molar-refractivity contribution is 7.89. The van der Waals surface area contributed by atoms with Gasteiger partial charge in [0.1, 0.15) is 6.04 Å². The molecular weight excluding hydrogens is 292 g/mol. The summed E-state index contributed by atoms with van der Waals surface area (Å²) in [4.78, 5) is 22.3. The minimum atomic E-state index is -3.93. The highest BCUT2D eigenvalue weighted by Gasteiger charge is 2.23. The number of carboxylic acid groups (broad SMARTS) is 1. The van der Waals surface area contributed by atoms with Crippen LogP contribution in [-0.2, 0) is 14.8 Å². The van der Waals surface area contributed by atoms with E-state index in [2.05, 4.69) is 5.32 Å². The van der Waals surface area contributed by atoms with Crippen LogP contribution >= 0.6 is 11.3 Å². The highest BCUT2D eigenvalue weighted by atomic mass is 32.2. The molecule has 0 fully saturated rings. The monoisotopic (exact) mass is 306 g/mol. The molecule has 1 atom stereocenters. The molecule has 7 nitrogen and oxygen atoms in total. The zero-order valence-electron chi connectivity index (χ0n) is 10.3. The van der Waals surface area contributed by atoms with Gasteiger partial charge >= 0.3 is 5.97 Å². The molecule has 0 radical (unpaired) electrons. The van der Waals surface area contributed by atoms with Crippen molar-refractivity contribution < 1.29 is 23.1 Å². The van der Waals surface area contributed by atoms with Gasteiger partial charge in [-0.25, -0.2) is 8.42 Å². The molecule has 0 aliphatic heterocycles. The van der Waals surface area contributed by atoms with Gasteiger partial charge in [-0.05, 0) is 19.9 Å². The molecule has 0 saturated heterocycles. The van der Waals surface area contributed by atoms with Gasteiger partial charge in [0, 0.05) is 11.9 Å². The van der Waals surface area contributed by atoms with E-state index in [1.54, 1.807) is 6.92 Å². The van der Waals surface area contributed by atoms with Gasteiger partial charge in [-0.15, -0.1) is 11.3 Å². The Morgan fingerprint density at radius 3 is 2.63 bits per heavy atom. The third-order valence-corrected chi connectivity index (χ3v) is 4.75. The first-order valence-electron chi connectivity index (χ1n) is 5.39. The van der Waals surface area contributed by atoms with Gasteiger partial charge in [-0.1, -0.05) is 0 Å². The molecule has 1 unspecified atom stereocenters. The van der Waals surface area contributed by atoms with Gasteiger partial charge in [0.25, 0.3) is 5.91 Å². The van der Waals surface area contributed by atoms with E-state index in [-0.39, 0.29) is 15.7 Å². The number of sulfonamides is 1. The lowest BCUT2D eigenvalue weighted by molar-refractivity contribution is -0.138. The number of rotatable bonds is 6. The normalized spacial score (nSPS) is 12.9. The van der Waals surface area contributed by atoms with E-state index in [0.717, 1.165) is 11.3 Å². The molecule has 0 aliphatic carbocycles. The summed E-state index contributed by atoms with van der Waals surface area (Å²) >= 11 is 0.981. The molecule has 1 aromatic heterocycles. The molecule has 1 heterocycles. The van der Waals surface area contributed by atoms with Crippen LogP contribution in [0.5, 0.6) is 0 Å². The maximum Gasteiger partial charge on any atom is 0.321 e. The number of carboxylic acids is 1. The van der Waals surface area contributed by atoms with Crippen molar-refractivity contribution in [2.24, 2.45) is 0 Å². The molecule has 0 bridgehead atoms. The number of amides is 1. The maximum absolute atomic E-state index is 11.8. The third-order valence-electron chi connectivity index (χ3n) is 2.15. The Kier molecular flexibility index (Phi) is 5.04. The molecule has 3 N–H and O–H groups in total. The lowest BCUT2D eigenvalue weighted by atomic mass is 10.4. The predicted octanol–water partition coefficient (Wildman–Crippen LogP) is 0.249. The molecule has 1 rings (SSSR count). The van der Waals surface area contributed by atoms with Crippen LogP contribution in [0.15, 0.2) is 16.3 Å². The maximum atomic E-state index is 11.8. The van der Waals surface area contributed by atoms with Crippen molar-refractivity contribution in [3.8, 4) is 0 Å². The van der Waals surface area contributed by atoms with E-state index in [1.165, 1.54) is 18.4 Å². The van der Waals surface area contributed by atoms with Gasteiger partial charge in [0.05, 0.1) is 9.77 Å². The number of nitrogens with one attached hydrogen (secondary N) is 2. The molecule has 0 saturated carbocycles. The fourth-order valence-electron chi connectivity index (χ4n) is 1.18. The Hall–Kier alpha value is -1.45. The van der Waals surface area contributed by atoms with Crippen LogP contribution in [0.1, 0.15) is 23.5 Å². The van der Waals surface area contributed by atoms with Crippen LogP contribution in [0.2, 0.25) is 0 Å². The van der Waals surface area contributed by atoms with Crippen molar-refractivity contribution in [1.29, 1.82) is 0 Å². The molecule has 0 aliphatic rings. The Labute approximate surface area is 114 Å². The number of aliphatic carboxylic acids is 1. The van der Waals surface area contributed by atoms with Crippen LogP contribution in [0, 0.1) is 0 Å². The second-order valence-electron chi connectivity index (χ2n) is 3.69. The lowest BCUT2D eigenvalue weighted by Gasteiger charge is -2.08. The summed E-state index contributed by atoms with van der Waals surface area (Å²) in [6, 6.07) is -0.0233. The first-order valence-corrected chi connectivity index (χ1v) is 7.76. The van der Waals surface area contributed by atoms with Crippen LogP contribution in [0.4, 0.5) is 0 Å². The summed E-state index contributed by atoms with van der Waals surface area (Å²) in [7, 11) is -3.93. The zero-order valence-corrected chi connectivity index (χ0v) is 12.0. The molecule has 0 spiro atoms. The minimum Gasteiger partial charge on any atom is -0.480 e. The number of carbonyl (C=O) groups excluding carboxylic acids is 1. The number of carbonyl (C=O) groups is 2. The van der Waals surface area contributed by atoms with Crippen molar-refractivity contribution in [3.05, 3.63) is 16.3 Å². The fraction of sp³-hybridized carbons (Fsp3) is 0.400. The molecule has 106 valence electrons. The lowest BCUT2D eigenvalue weighted by Crippen LogP contribution is -2.38. The fourth-order valence-corrected chi connectivity index (χ4v) is 3.56. The zero-order chi connectivity index (χ0) is 14.6. The van der Waals surface area contributed by atoms with Crippen molar-refractivity contribution in [3.63, 3.8) is 0 Å². The number of thiophene rings is 1. The Morgan fingerprint density at radius 2 is 2.11 bits per heavy atom. The van der Waals surface area contributed by atoms with Gasteiger partial charge in [0.2, 0.25) is 10.0 Å². The average Bonchev–Trinajstić information content (AvgIpc) is 2.78. The van der Waals surface area contributed by atoms with Crippen molar-refractivity contribution in [1.82, 2.24) is 10.0 Å². The molecular formula is C10H14N2O5S2. The SMILES string of the molecule is CCNC(=O)c1cc(S(=O)(=O)NC(C)C(=O)O)cs1. The Balaban J connectivity index is 2.91. The summed E-state index contributed by atoms with van der Waals surface area (Å²) in [5.74, 6) is -1.64. The first-order chi connectivity index (χ1) is 8.77. The van der Waals surface area contributed by atoms with Crippen LogP contribution in [0.3, 0.4) is 0 Å². The van der Waals surface area contributed by atoms with Crippen molar-refractivity contribution >= 4 is 33.2 Å². The standard InChI is InChI=1S/C10H14N2O5S2/c1-3-11-9(13)8-4-7(5-18-8)19(16,17)12-6(2)10(14)15/h4-6,12H,3H2,1-2H3,(H,11,13)(H,14,15). The smallest absolute Gasteiger partial charge is 0.321 e. The molecule has 19 heavy (non-hydrogen) atoms. The van der Waals surface area contributed by atoms with E-state index < -0.39 is 22.0 Å². The largest absolute Gasteiger partial charge is 0.480 e. The summed E-state index contributed by atoms with van der Waals surface area (Å²) in [6.07, 6.45) is 0. The predicted molar refractivity (Wildman–Crippen MR) is 69.7 cm³/mol.